The SMILES string of the molecule is CC1=CCS(=O)(=O)C1C(O[Si](C)(C)C)/C(C)=C\CCC1(C)OCCO1. The van der Waals surface area contributed by atoms with Gasteiger partial charge in [0.25, 0.3) is 0 Å². The van der Waals surface area contributed by atoms with Crippen LogP contribution < -0.4 is 0 Å². The molecule has 0 aromatic heterocycles. The molecule has 0 radical (unpaired) electrons. The first kappa shape index (κ1) is 20.8. The average molecular weight is 389 g/mol. The molecule has 2 rings (SSSR count). The van der Waals surface area contributed by atoms with Gasteiger partial charge in [-0.25, -0.2) is 8.42 Å². The Morgan fingerprint density at radius 1 is 1.40 bits per heavy atom. The van der Waals surface area contributed by atoms with Gasteiger partial charge in [0.15, 0.2) is 23.9 Å². The van der Waals surface area contributed by atoms with Gasteiger partial charge in [-0.3, -0.25) is 0 Å². The summed E-state index contributed by atoms with van der Waals surface area (Å²) in [6, 6.07) is 0. The van der Waals surface area contributed by atoms with Crippen LogP contribution in [0.25, 0.3) is 0 Å². The van der Waals surface area contributed by atoms with Gasteiger partial charge in [0, 0.05) is 6.42 Å². The molecular weight excluding hydrogens is 356 g/mol. The summed E-state index contributed by atoms with van der Waals surface area (Å²) in [7, 11) is -5.10. The summed E-state index contributed by atoms with van der Waals surface area (Å²) in [6.45, 7) is 13.4. The molecule has 0 spiro atoms. The number of ether oxygens (including phenoxy) is 2. The van der Waals surface area contributed by atoms with Crippen LogP contribution in [0.4, 0.5) is 0 Å². The van der Waals surface area contributed by atoms with Crippen molar-refractivity contribution in [3.8, 4) is 0 Å². The van der Waals surface area contributed by atoms with Crippen LogP contribution in [0, 0.1) is 0 Å². The largest absolute Gasteiger partial charge is 0.409 e. The van der Waals surface area contributed by atoms with Gasteiger partial charge in [0.1, 0.15) is 5.25 Å². The maximum Gasteiger partial charge on any atom is 0.184 e. The van der Waals surface area contributed by atoms with Crippen LogP contribution in [-0.2, 0) is 23.7 Å². The third-order valence-corrected chi connectivity index (χ3v) is 7.63. The second kappa shape index (κ2) is 7.64. The zero-order valence-corrected chi connectivity index (χ0v) is 18.1. The molecule has 144 valence electrons. The minimum atomic E-state index is -3.19. The molecule has 7 heteroatoms. The Kier molecular flexibility index (Phi) is 6.37. The molecule has 2 atom stereocenters. The van der Waals surface area contributed by atoms with Crippen LogP contribution >= 0.6 is 0 Å². The molecule has 2 heterocycles. The number of rotatable bonds is 7. The molecule has 25 heavy (non-hydrogen) atoms. The van der Waals surface area contributed by atoms with Crippen molar-refractivity contribution in [3.63, 3.8) is 0 Å². The molecule has 2 unspecified atom stereocenters. The molecule has 0 bridgehead atoms. The fourth-order valence-corrected chi connectivity index (χ4v) is 6.53. The van der Waals surface area contributed by atoms with E-state index in [1.54, 1.807) is 0 Å². The summed E-state index contributed by atoms with van der Waals surface area (Å²) < 4.78 is 42.7. The standard InChI is InChI=1S/C18H32O5SSi/c1-14(8-7-10-18(3)21-11-12-22-18)16(23-25(4,5)6)17-15(2)9-13-24(17,19)20/h8-9,16-17H,7,10-13H2,1-6H3/b14-8-. The quantitative estimate of drug-likeness (QED) is 0.494. The monoisotopic (exact) mass is 388 g/mol. The fourth-order valence-electron chi connectivity index (χ4n) is 3.33. The zero-order chi connectivity index (χ0) is 18.9. The second-order valence-corrected chi connectivity index (χ2v) is 14.8. The molecule has 0 amide bonds. The van der Waals surface area contributed by atoms with Crippen LogP contribution in [-0.4, -0.2) is 52.8 Å². The first-order valence-electron chi connectivity index (χ1n) is 8.94. The molecule has 0 aliphatic carbocycles. The molecule has 0 aromatic rings. The van der Waals surface area contributed by atoms with Crippen LogP contribution in [0.5, 0.6) is 0 Å². The molecule has 2 aliphatic heterocycles. The fraction of sp³-hybridized carbons (Fsp3) is 0.778. The topological polar surface area (TPSA) is 61.8 Å². The highest BCUT2D eigenvalue weighted by atomic mass is 32.2. The Labute approximate surface area is 153 Å². The smallest absolute Gasteiger partial charge is 0.184 e. The summed E-state index contributed by atoms with van der Waals surface area (Å²) in [5, 5.41) is -0.565. The highest BCUT2D eigenvalue weighted by Gasteiger charge is 2.41. The zero-order valence-electron chi connectivity index (χ0n) is 16.3. The number of sulfone groups is 1. The Bertz CT molecular complexity index is 639. The summed E-state index contributed by atoms with van der Waals surface area (Å²) in [6.07, 6.45) is 5.01. The van der Waals surface area contributed by atoms with E-state index in [9.17, 15) is 8.42 Å². The van der Waals surface area contributed by atoms with Crippen LogP contribution in [0.2, 0.25) is 19.6 Å². The second-order valence-electron chi connectivity index (χ2n) is 8.17. The summed E-state index contributed by atoms with van der Waals surface area (Å²) >= 11 is 0. The lowest BCUT2D eigenvalue weighted by Crippen LogP contribution is -2.42. The Hall–Kier alpha value is -0.473. The molecule has 0 N–H and O–H groups in total. The van der Waals surface area contributed by atoms with Crippen LogP contribution in [0.15, 0.2) is 23.3 Å². The van der Waals surface area contributed by atoms with E-state index in [2.05, 4.69) is 25.7 Å². The van der Waals surface area contributed by atoms with E-state index < -0.39 is 35.3 Å². The summed E-state index contributed by atoms with van der Waals surface area (Å²) in [5.41, 5.74) is 1.87. The van der Waals surface area contributed by atoms with Gasteiger partial charge < -0.3 is 13.9 Å². The maximum absolute atomic E-state index is 12.6. The number of allylic oxidation sites excluding steroid dienone is 1. The predicted octanol–water partition coefficient (Wildman–Crippen LogP) is 3.44. The van der Waals surface area contributed by atoms with Crippen LogP contribution in [0.1, 0.15) is 33.6 Å². The first-order chi connectivity index (χ1) is 11.4. The predicted molar refractivity (Wildman–Crippen MR) is 103 cm³/mol. The van der Waals surface area contributed by atoms with Gasteiger partial charge in [0.05, 0.1) is 25.1 Å². The lowest BCUT2D eigenvalue weighted by atomic mass is 10.0. The van der Waals surface area contributed by atoms with Gasteiger partial charge >= 0.3 is 0 Å². The van der Waals surface area contributed by atoms with E-state index >= 15 is 0 Å². The average Bonchev–Trinajstić information content (AvgIpc) is 3.00. The van der Waals surface area contributed by atoms with Crippen molar-refractivity contribution in [2.75, 3.05) is 19.0 Å². The lowest BCUT2D eigenvalue weighted by Gasteiger charge is -2.32. The van der Waals surface area contributed by atoms with E-state index in [1.807, 2.05) is 26.8 Å². The highest BCUT2D eigenvalue weighted by Crippen LogP contribution is 2.32. The first-order valence-corrected chi connectivity index (χ1v) is 14.1. The summed E-state index contributed by atoms with van der Waals surface area (Å²) in [4.78, 5) is 0. The highest BCUT2D eigenvalue weighted by molar-refractivity contribution is 7.92. The third kappa shape index (κ3) is 5.50. The molecule has 1 fully saturated rings. The molecule has 0 saturated carbocycles. The Morgan fingerprint density at radius 2 is 2.00 bits per heavy atom. The van der Waals surface area contributed by atoms with Gasteiger partial charge in [-0.1, -0.05) is 17.7 Å². The Morgan fingerprint density at radius 3 is 2.48 bits per heavy atom. The van der Waals surface area contributed by atoms with Crippen molar-refractivity contribution in [1.82, 2.24) is 0 Å². The van der Waals surface area contributed by atoms with E-state index in [4.69, 9.17) is 13.9 Å². The summed E-state index contributed by atoms with van der Waals surface area (Å²) in [5.74, 6) is -0.413. The minimum absolute atomic E-state index is 0.113. The van der Waals surface area contributed by atoms with E-state index in [1.165, 1.54) is 0 Å². The molecule has 0 aromatic carbocycles. The third-order valence-electron chi connectivity index (χ3n) is 4.64. The van der Waals surface area contributed by atoms with Gasteiger partial charge in [0.2, 0.25) is 0 Å². The van der Waals surface area contributed by atoms with Crippen molar-refractivity contribution < 1.29 is 22.3 Å². The normalized spacial score (nSPS) is 27.4. The molecule has 1 saturated heterocycles. The van der Waals surface area contributed by atoms with Crippen molar-refractivity contribution in [3.05, 3.63) is 23.3 Å². The number of hydrogen-bond donors (Lipinski definition) is 0. The van der Waals surface area contributed by atoms with E-state index in [0.717, 1.165) is 24.0 Å². The lowest BCUT2D eigenvalue weighted by molar-refractivity contribution is -0.145. The minimum Gasteiger partial charge on any atom is -0.409 e. The van der Waals surface area contributed by atoms with E-state index in [0.29, 0.717) is 13.2 Å². The van der Waals surface area contributed by atoms with Gasteiger partial charge in [-0.2, -0.15) is 0 Å². The molecule has 2 aliphatic rings. The van der Waals surface area contributed by atoms with Crippen molar-refractivity contribution in [2.24, 2.45) is 0 Å². The van der Waals surface area contributed by atoms with Crippen LogP contribution in [0.3, 0.4) is 0 Å². The van der Waals surface area contributed by atoms with E-state index in [-0.39, 0.29) is 5.75 Å². The van der Waals surface area contributed by atoms with Crippen molar-refractivity contribution in [2.45, 2.75) is 70.4 Å². The number of hydrogen-bond acceptors (Lipinski definition) is 5. The molecular formula is C18H32O5SSi. The van der Waals surface area contributed by atoms with Gasteiger partial charge in [-0.05, 0) is 52.4 Å². The van der Waals surface area contributed by atoms with Gasteiger partial charge in [-0.15, -0.1) is 0 Å². The van der Waals surface area contributed by atoms with Crippen molar-refractivity contribution in [1.29, 1.82) is 0 Å². The Balaban J connectivity index is 2.17. The molecule has 5 nitrogen and oxygen atoms in total. The maximum atomic E-state index is 12.6. The van der Waals surface area contributed by atoms with Crippen molar-refractivity contribution >= 4 is 18.2 Å².